The molecule has 0 amide bonds. The Bertz CT molecular complexity index is 1020. The van der Waals surface area contributed by atoms with Gasteiger partial charge in [0.25, 0.3) is 0 Å². The first-order valence-electron chi connectivity index (χ1n) is 8.50. The number of aliphatic carboxylic acids is 1. The fourth-order valence-corrected chi connectivity index (χ4v) is 3.19. The molecule has 28 heavy (non-hydrogen) atoms. The molecular weight excluding hydrogens is 375 g/mol. The molecule has 0 aliphatic heterocycles. The number of benzene rings is 2. The number of H-pyrrole nitrogens is 1. The van der Waals surface area contributed by atoms with Gasteiger partial charge in [-0.1, -0.05) is 12.1 Å². The van der Waals surface area contributed by atoms with Crippen molar-refractivity contribution in [3.8, 4) is 22.8 Å². The van der Waals surface area contributed by atoms with Crippen molar-refractivity contribution in [1.29, 1.82) is 0 Å². The van der Waals surface area contributed by atoms with Crippen molar-refractivity contribution in [3.05, 3.63) is 47.5 Å². The van der Waals surface area contributed by atoms with Gasteiger partial charge < -0.3 is 19.6 Å². The highest BCUT2D eigenvalue weighted by atomic mass is 19.4. The Morgan fingerprint density at radius 1 is 1.18 bits per heavy atom. The zero-order chi connectivity index (χ0) is 20.5. The number of carboxylic acids is 1. The topological polar surface area (TPSA) is 71.6 Å². The minimum absolute atomic E-state index is 0.143. The van der Waals surface area contributed by atoms with Gasteiger partial charge in [0.1, 0.15) is 0 Å². The maximum Gasteiger partial charge on any atom is 0.418 e. The second-order valence-corrected chi connectivity index (χ2v) is 6.07. The minimum atomic E-state index is -4.57. The molecular formula is C20H18F3NO4. The second-order valence-electron chi connectivity index (χ2n) is 6.07. The van der Waals surface area contributed by atoms with Crippen LogP contribution in [0.4, 0.5) is 13.2 Å². The molecule has 2 N–H and O–H groups in total. The van der Waals surface area contributed by atoms with Crippen LogP contribution >= 0.6 is 0 Å². The van der Waals surface area contributed by atoms with Crippen LogP contribution in [-0.2, 0) is 17.4 Å². The Hall–Kier alpha value is -3.16. The molecule has 1 aromatic heterocycles. The molecule has 0 bridgehead atoms. The highest BCUT2D eigenvalue weighted by molar-refractivity contribution is 5.96. The average Bonchev–Trinajstić information content (AvgIpc) is 2.99. The van der Waals surface area contributed by atoms with Crippen molar-refractivity contribution in [2.45, 2.75) is 19.5 Å². The summed E-state index contributed by atoms with van der Waals surface area (Å²) in [5.74, 6) is -0.256. The van der Waals surface area contributed by atoms with Gasteiger partial charge in [0.2, 0.25) is 0 Å². The predicted molar refractivity (Wildman–Crippen MR) is 97.8 cm³/mol. The Kier molecular flexibility index (Phi) is 5.22. The van der Waals surface area contributed by atoms with Gasteiger partial charge in [0, 0.05) is 10.9 Å². The fourth-order valence-electron chi connectivity index (χ4n) is 3.19. The minimum Gasteiger partial charge on any atom is -0.493 e. The number of halogens is 3. The Morgan fingerprint density at radius 2 is 1.93 bits per heavy atom. The Labute approximate surface area is 158 Å². The number of fused-ring (bicyclic) bond motifs is 1. The van der Waals surface area contributed by atoms with E-state index in [-0.39, 0.29) is 16.5 Å². The molecule has 0 atom stereocenters. The molecule has 5 nitrogen and oxygen atoms in total. The number of para-hydroxylation sites is 1. The smallest absolute Gasteiger partial charge is 0.418 e. The standard InChI is InChI=1S/C20H18F3NO4/c1-3-28-16-9-11(7-8-15(16)27-2)18-13(10-17(25)26)12-5-4-6-14(19(12)24-18)20(21,22)23/h4-9,24H,3,10H2,1-2H3,(H,25,26). The summed E-state index contributed by atoms with van der Waals surface area (Å²) in [7, 11) is 1.48. The number of carboxylic acid groups (broad SMARTS) is 1. The number of alkyl halides is 3. The van der Waals surface area contributed by atoms with E-state index in [1.165, 1.54) is 19.2 Å². The third-order valence-corrected chi connectivity index (χ3v) is 4.33. The molecule has 148 valence electrons. The summed E-state index contributed by atoms with van der Waals surface area (Å²) in [4.78, 5) is 14.2. The maximum absolute atomic E-state index is 13.4. The largest absolute Gasteiger partial charge is 0.493 e. The first-order valence-corrected chi connectivity index (χ1v) is 8.50. The van der Waals surface area contributed by atoms with Crippen LogP contribution in [0.2, 0.25) is 0 Å². The van der Waals surface area contributed by atoms with Crippen LogP contribution in [0, 0.1) is 0 Å². The molecule has 0 saturated heterocycles. The van der Waals surface area contributed by atoms with E-state index in [0.29, 0.717) is 29.4 Å². The van der Waals surface area contributed by atoms with Crippen LogP contribution < -0.4 is 9.47 Å². The number of aromatic amines is 1. The van der Waals surface area contributed by atoms with Gasteiger partial charge in [-0.3, -0.25) is 4.79 Å². The lowest BCUT2D eigenvalue weighted by Gasteiger charge is -2.11. The number of aromatic nitrogens is 1. The van der Waals surface area contributed by atoms with Crippen LogP contribution in [0.1, 0.15) is 18.1 Å². The normalized spacial score (nSPS) is 11.6. The number of nitrogens with one attached hydrogen (secondary N) is 1. The molecule has 0 saturated carbocycles. The van der Waals surface area contributed by atoms with E-state index in [1.54, 1.807) is 25.1 Å². The van der Waals surface area contributed by atoms with Crippen molar-refractivity contribution >= 4 is 16.9 Å². The lowest BCUT2D eigenvalue weighted by atomic mass is 10.0. The van der Waals surface area contributed by atoms with Gasteiger partial charge in [0.15, 0.2) is 11.5 Å². The molecule has 1 heterocycles. The predicted octanol–water partition coefficient (Wildman–Crippen LogP) is 4.89. The molecule has 0 fully saturated rings. The van der Waals surface area contributed by atoms with Crippen LogP contribution in [0.15, 0.2) is 36.4 Å². The summed E-state index contributed by atoms with van der Waals surface area (Å²) in [6.45, 7) is 2.16. The molecule has 3 rings (SSSR count). The second kappa shape index (κ2) is 7.46. The van der Waals surface area contributed by atoms with E-state index >= 15 is 0 Å². The van der Waals surface area contributed by atoms with Crippen LogP contribution in [0.3, 0.4) is 0 Å². The summed E-state index contributed by atoms with van der Waals surface area (Å²) in [6, 6.07) is 8.60. The number of rotatable bonds is 6. The van der Waals surface area contributed by atoms with E-state index < -0.39 is 24.1 Å². The number of hydrogen-bond acceptors (Lipinski definition) is 3. The quantitative estimate of drug-likeness (QED) is 0.626. The number of hydrogen-bond donors (Lipinski definition) is 2. The van der Waals surface area contributed by atoms with Crippen LogP contribution in [-0.4, -0.2) is 29.8 Å². The van der Waals surface area contributed by atoms with E-state index in [2.05, 4.69) is 4.98 Å². The molecule has 0 radical (unpaired) electrons. The number of carbonyl (C=O) groups is 1. The SMILES string of the molecule is CCOc1cc(-c2[nH]c3c(C(F)(F)F)cccc3c2CC(=O)O)ccc1OC. The summed E-state index contributed by atoms with van der Waals surface area (Å²) < 4.78 is 51.0. The molecule has 0 unspecified atom stereocenters. The summed E-state index contributed by atoms with van der Waals surface area (Å²) in [5, 5.41) is 9.51. The van der Waals surface area contributed by atoms with Gasteiger partial charge in [-0.2, -0.15) is 13.2 Å². The molecule has 0 spiro atoms. The molecule has 8 heteroatoms. The Morgan fingerprint density at radius 3 is 2.54 bits per heavy atom. The molecule has 2 aromatic carbocycles. The summed E-state index contributed by atoms with van der Waals surface area (Å²) in [6.07, 6.45) is -4.99. The first kappa shape index (κ1) is 19.6. The average molecular weight is 393 g/mol. The van der Waals surface area contributed by atoms with Gasteiger partial charge in [-0.25, -0.2) is 0 Å². The molecule has 0 aliphatic rings. The third-order valence-electron chi connectivity index (χ3n) is 4.33. The van der Waals surface area contributed by atoms with E-state index in [4.69, 9.17) is 9.47 Å². The maximum atomic E-state index is 13.4. The van der Waals surface area contributed by atoms with Gasteiger partial charge in [0.05, 0.1) is 36.9 Å². The van der Waals surface area contributed by atoms with E-state index in [9.17, 15) is 23.1 Å². The van der Waals surface area contributed by atoms with Gasteiger partial charge in [-0.15, -0.1) is 0 Å². The van der Waals surface area contributed by atoms with Gasteiger partial charge in [-0.05, 0) is 36.8 Å². The third kappa shape index (κ3) is 3.62. The van der Waals surface area contributed by atoms with Crippen LogP contribution in [0.5, 0.6) is 11.5 Å². The highest BCUT2D eigenvalue weighted by Gasteiger charge is 2.34. The highest BCUT2D eigenvalue weighted by Crippen LogP contribution is 2.40. The zero-order valence-corrected chi connectivity index (χ0v) is 15.2. The van der Waals surface area contributed by atoms with Crippen LogP contribution in [0.25, 0.3) is 22.2 Å². The molecule has 3 aromatic rings. The van der Waals surface area contributed by atoms with E-state index in [1.807, 2.05) is 0 Å². The van der Waals surface area contributed by atoms with Crippen molar-refractivity contribution < 1.29 is 32.5 Å². The monoisotopic (exact) mass is 393 g/mol. The van der Waals surface area contributed by atoms with Crippen molar-refractivity contribution in [2.24, 2.45) is 0 Å². The number of ether oxygens (including phenoxy) is 2. The first-order chi connectivity index (χ1) is 13.3. The fraction of sp³-hybridized carbons (Fsp3) is 0.250. The van der Waals surface area contributed by atoms with Crippen molar-refractivity contribution in [1.82, 2.24) is 4.98 Å². The van der Waals surface area contributed by atoms with Crippen molar-refractivity contribution in [3.63, 3.8) is 0 Å². The lowest BCUT2D eigenvalue weighted by molar-refractivity contribution is -0.137. The Balaban J connectivity index is 2.28. The van der Waals surface area contributed by atoms with Gasteiger partial charge >= 0.3 is 12.1 Å². The van der Waals surface area contributed by atoms with Crippen molar-refractivity contribution in [2.75, 3.05) is 13.7 Å². The number of methoxy groups -OCH3 is 1. The summed E-state index contributed by atoms with van der Waals surface area (Å²) in [5.41, 5.74) is 0.0974. The zero-order valence-electron chi connectivity index (χ0n) is 15.2. The molecule has 0 aliphatic carbocycles. The van der Waals surface area contributed by atoms with E-state index in [0.717, 1.165) is 6.07 Å². The lowest BCUT2D eigenvalue weighted by Crippen LogP contribution is -2.05. The summed E-state index contributed by atoms with van der Waals surface area (Å²) >= 11 is 0.